The molecule has 2 aromatic heterocycles. The minimum atomic E-state index is -0.600. The number of hydrogen-bond donors (Lipinski definition) is 1. The summed E-state index contributed by atoms with van der Waals surface area (Å²) in [5, 5.41) is 13.1. The van der Waals surface area contributed by atoms with Gasteiger partial charge in [0.05, 0.1) is 9.90 Å². The van der Waals surface area contributed by atoms with Gasteiger partial charge in [-0.15, -0.1) is 22.7 Å². The smallest absolute Gasteiger partial charge is 0.124 e. The van der Waals surface area contributed by atoms with Gasteiger partial charge in [0.2, 0.25) is 0 Å². The third-order valence-electron chi connectivity index (χ3n) is 2.81. The highest BCUT2D eigenvalue weighted by Crippen LogP contribution is 2.39. The van der Waals surface area contributed by atoms with E-state index in [9.17, 15) is 5.11 Å². The van der Waals surface area contributed by atoms with Crippen LogP contribution in [0.25, 0.3) is 0 Å². The molecule has 0 radical (unpaired) electrons. The molecule has 0 aliphatic carbocycles. The van der Waals surface area contributed by atoms with E-state index in [4.69, 9.17) is 11.6 Å². The van der Waals surface area contributed by atoms with Gasteiger partial charge in [0.15, 0.2) is 0 Å². The molecule has 1 nitrogen and oxygen atoms in total. The molecule has 0 aliphatic rings. The van der Waals surface area contributed by atoms with Crippen LogP contribution in [0.15, 0.2) is 17.5 Å². The summed E-state index contributed by atoms with van der Waals surface area (Å²) in [6.45, 7) is 8.50. The monoisotopic (exact) mass is 300 g/mol. The van der Waals surface area contributed by atoms with Gasteiger partial charge in [0, 0.05) is 9.75 Å². The topological polar surface area (TPSA) is 20.2 Å². The van der Waals surface area contributed by atoms with Crippen molar-refractivity contribution in [1.29, 1.82) is 0 Å². The summed E-state index contributed by atoms with van der Waals surface area (Å²) in [6, 6.07) is 4.10. The van der Waals surface area contributed by atoms with Crippen molar-refractivity contribution in [2.45, 2.75) is 39.2 Å². The molecule has 1 atom stereocenters. The lowest BCUT2D eigenvalue weighted by Gasteiger charge is -2.15. The number of aliphatic hydroxyl groups is 1. The summed E-state index contributed by atoms with van der Waals surface area (Å²) in [5.74, 6) is 0. The lowest BCUT2D eigenvalue weighted by Crippen LogP contribution is -2.07. The first-order valence-corrected chi connectivity index (χ1v) is 7.90. The predicted molar refractivity (Wildman–Crippen MR) is 81.1 cm³/mol. The van der Waals surface area contributed by atoms with Crippen molar-refractivity contribution in [2.24, 2.45) is 0 Å². The molecule has 18 heavy (non-hydrogen) atoms. The lowest BCUT2D eigenvalue weighted by atomic mass is 9.95. The number of aliphatic hydroxyl groups excluding tert-OH is 1. The molecule has 98 valence electrons. The zero-order chi connectivity index (χ0) is 13.5. The largest absolute Gasteiger partial charge is 0.382 e. The van der Waals surface area contributed by atoms with Crippen LogP contribution in [0.5, 0.6) is 0 Å². The molecule has 0 fully saturated rings. The summed E-state index contributed by atoms with van der Waals surface area (Å²) in [4.78, 5) is 3.08. The second-order valence-corrected chi connectivity index (χ2v) is 7.86. The van der Waals surface area contributed by atoms with Crippen LogP contribution in [0.4, 0.5) is 0 Å². The zero-order valence-electron chi connectivity index (χ0n) is 11.0. The molecule has 2 rings (SSSR count). The second kappa shape index (κ2) is 4.97. The molecule has 2 heterocycles. The van der Waals surface area contributed by atoms with Crippen LogP contribution in [-0.2, 0) is 5.41 Å². The van der Waals surface area contributed by atoms with Crippen LogP contribution < -0.4 is 0 Å². The van der Waals surface area contributed by atoms with Crippen molar-refractivity contribution < 1.29 is 5.11 Å². The Morgan fingerprint density at radius 3 is 2.39 bits per heavy atom. The van der Waals surface area contributed by atoms with Gasteiger partial charge in [-0.2, -0.15) is 0 Å². The van der Waals surface area contributed by atoms with Gasteiger partial charge in [-0.1, -0.05) is 32.4 Å². The van der Waals surface area contributed by atoms with Crippen LogP contribution in [-0.4, -0.2) is 5.11 Å². The van der Waals surface area contributed by atoms with Crippen molar-refractivity contribution >= 4 is 34.3 Å². The molecule has 0 aliphatic heterocycles. The highest BCUT2D eigenvalue weighted by molar-refractivity contribution is 7.13. The van der Waals surface area contributed by atoms with Crippen molar-refractivity contribution in [2.75, 3.05) is 0 Å². The van der Waals surface area contributed by atoms with Crippen molar-refractivity contribution in [3.63, 3.8) is 0 Å². The normalized spacial score (nSPS) is 13.9. The summed E-state index contributed by atoms with van der Waals surface area (Å²) >= 11 is 9.38. The summed E-state index contributed by atoms with van der Waals surface area (Å²) < 4.78 is 0. The Balaban J connectivity index is 2.32. The molecule has 1 N–H and O–H groups in total. The maximum atomic E-state index is 10.4. The third-order valence-corrected chi connectivity index (χ3v) is 6.14. The molecule has 0 saturated carbocycles. The molecule has 0 amide bonds. The van der Waals surface area contributed by atoms with Crippen LogP contribution in [0.2, 0.25) is 5.02 Å². The van der Waals surface area contributed by atoms with E-state index in [0.717, 1.165) is 15.3 Å². The van der Waals surface area contributed by atoms with Gasteiger partial charge in [-0.25, -0.2) is 0 Å². The van der Waals surface area contributed by atoms with Crippen LogP contribution in [0.1, 0.15) is 47.1 Å². The van der Waals surface area contributed by atoms with E-state index in [1.54, 1.807) is 11.3 Å². The van der Waals surface area contributed by atoms with E-state index in [2.05, 4.69) is 26.8 Å². The van der Waals surface area contributed by atoms with Gasteiger partial charge in [-0.3, -0.25) is 0 Å². The fourth-order valence-electron chi connectivity index (χ4n) is 1.67. The minimum Gasteiger partial charge on any atom is -0.382 e. The Bertz CT molecular complexity index is 548. The number of halogens is 1. The standard InChI is InChI=1S/C14H17ClOS2/c1-8-7-17-13(11(8)15)12(16)9-5-6-10(18-9)14(2,3)4/h5-7,12,16H,1-4H3. The maximum absolute atomic E-state index is 10.4. The first-order chi connectivity index (χ1) is 8.30. The summed E-state index contributed by atoms with van der Waals surface area (Å²) in [7, 11) is 0. The Kier molecular flexibility index (Phi) is 3.88. The fourth-order valence-corrected chi connectivity index (χ4v) is 4.10. The highest BCUT2D eigenvalue weighted by Gasteiger charge is 2.22. The Morgan fingerprint density at radius 2 is 1.94 bits per heavy atom. The van der Waals surface area contributed by atoms with Crippen molar-refractivity contribution in [3.05, 3.63) is 42.7 Å². The number of thiophene rings is 2. The average Bonchev–Trinajstić information content (AvgIpc) is 2.86. The molecule has 0 saturated heterocycles. The summed E-state index contributed by atoms with van der Waals surface area (Å²) in [6.07, 6.45) is -0.600. The zero-order valence-corrected chi connectivity index (χ0v) is 13.3. The van der Waals surface area contributed by atoms with E-state index in [1.807, 2.05) is 18.4 Å². The quantitative estimate of drug-likeness (QED) is 0.813. The van der Waals surface area contributed by atoms with Gasteiger partial charge >= 0.3 is 0 Å². The Morgan fingerprint density at radius 1 is 1.28 bits per heavy atom. The first-order valence-electron chi connectivity index (χ1n) is 5.82. The third kappa shape index (κ3) is 2.64. The van der Waals surface area contributed by atoms with E-state index in [1.165, 1.54) is 16.2 Å². The van der Waals surface area contributed by atoms with Crippen LogP contribution >= 0.6 is 34.3 Å². The first kappa shape index (κ1) is 14.1. The molecule has 0 spiro atoms. The molecule has 4 heteroatoms. The molecule has 1 unspecified atom stereocenters. The minimum absolute atomic E-state index is 0.123. The van der Waals surface area contributed by atoms with E-state index in [-0.39, 0.29) is 5.41 Å². The van der Waals surface area contributed by atoms with Gasteiger partial charge in [0.25, 0.3) is 0 Å². The number of aryl methyl sites for hydroxylation is 1. The fraction of sp³-hybridized carbons (Fsp3) is 0.429. The lowest BCUT2D eigenvalue weighted by molar-refractivity contribution is 0.228. The average molecular weight is 301 g/mol. The highest BCUT2D eigenvalue weighted by atomic mass is 35.5. The van der Waals surface area contributed by atoms with Crippen LogP contribution in [0.3, 0.4) is 0 Å². The SMILES string of the molecule is Cc1csc(C(O)c2ccc(C(C)(C)C)s2)c1Cl. The molecule has 0 aromatic carbocycles. The molecular weight excluding hydrogens is 284 g/mol. The summed E-state index contributed by atoms with van der Waals surface area (Å²) in [5.41, 5.74) is 1.15. The van der Waals surface area contributed by atoms with Gasteiger partial charge in [0.1, 0.15) is 6.10 Å². The van der Waals surface area contributed by atoms with Gasteiger partial charge < -0.3 is 5.11 Å². The van der Waals surface area contributed by atoms with Crippen LogP contribution in [0, 0.1) is 6.92 Å². The van der Waals surface area contributed by atoms with E-state index >= 15 is 0 Å². The Labute approximate surface area is 121 Å². The molecule has 0 bridgehead atoms. The Hall–Kier alpha value is -0.350. The number of rotatable bonds is 2. The molecular formula is C14H17ClOS2. The second-order valence-electron chi connectivity index (χ2n) is 5.45. The van der Waals surface area contributed by atoms with E-state index < -0.39 is 6.10 Å². The molecule has 2 aromatic rings. The van der Waals surface area contributed by atoms with E-state index in [0.29, 0.717) is 5.02 Å². The van der Waals surface area contributed by atoms with Gasteiger partial charge in [-0.05, 0) is 35.4 Å². The van der Waals surface area contributed by atoms with Crippen molar-refractivity contribution in [3.8, 4) is 0 Å². The van der Waals surface area contributed by atoms with Crippen molar-refractivity contribution in [1.82, 2.24) is 0 Å². The maximum Gasteiger partial charge on any atom is 0.124 e. The predicted octanol–water partition coefficient (Wildman–Crippen LogP) is 5.15. The number of hydrogen-bond acceptors (Lipinski definition) is 3.